The number of guanidine groups is 1. The number of anilines is 2. The summed E-state index contributed by atoms with van der Waals surface area (Å²) in [5.41, 5.74) is 6.95. The Balaban J connectivity index is 1.52. The number of carboxylic acids is 1. The van der Waals surface area contributed by atoms with Crippen molar-refractivity contribution in [3.8, 4) is 5.75 Å². The lowest BCUT2D eigenvalue weighted by molar-refractivity contribution is -0.139. The zero-order valence-corrected chi connectivity index (χ0v) is 21.6. The van der Waals surface area contributed by atoms with E-state index in [1.807, 2.05) is 0 Å². The zero-order valence-electron chi connectivity index (χ0n) is 21.6. The molecular formula is C27H34N6O6. The van der Waals surface area contributed by atoms with Gasteiger partial charge in [-0.15, -0.1) is 0 Å². The maximum absolute atomic E-state index is 12.7. The van der Waals surface area contributed by atoms with Crippen LogP contribution in [-0.4, -0.2) is 66.9 Å². The van der Waals surface area contributed by atoms with Crippen LogP contribution in [0.4, 0.5) is 11.4 Å². The smallest absolute Gasteiger partial charge is 0.305 e. The van der Waals surface area contributed by atoms with Gasteiger partial charge in [0.1, 0.15) is 11.8 Å². The minimum absolute atomic E-state index is 0.110. The van der Waals surface area contributed by atoms with E-state index in [-0.39, 0.29) is 18.6 Å². The van der Waals surface area contributed by atoms with E-state index >= 15 is 0 Å². The highest BCUT2D eigenvalue weighted by Gasteiger charge is 2.24. The highest BCUT2D eigenvalue weighted by atomic mass is 16.5. The Morgan fingerprint density at radius 2 is 1.87 bits per heavy atom. The van der Waals surface area contributed by atoms with Crippen molar-refractivity contribution >= 4 is 40.9 Å². The van der Waals surface area contributed by atoms with Gasteiger partial charge in [-0.05, 0) is 55.8 Å². The Labute approximate surface area is 226 Å². The van der Waals surface area contributed by atoms with Crippen LogP contribution < -0.4 is 31.7 Å². The van der Waals surface area contributed by atoms with Gasteiger partial charge in [-0.1, -0.05) is 12.1 Å². The number of carbonyl (C=O) groups excluding carboxylic acids is 3. The molecule has 0 unspecified atom stereocenters. The molecule has 2 aromatic rings. The van der Waals surface area contributed by atoms with Crippen LogP contribution in [0.5, 0.6) is 5.75 Å². The van der Waals surface area contributed by atoms with Crippen LogP contribution >= 0.6 is 0 Å². The van der Waals surface area contributed by atoms with E-state index in [9.17, 15) is 24.3 Å². The highest BCUT2D eigenvalue weighted by Crippen LogP contribution is 2.17. The quantitative estimate of drug-likeness (QED) is 0.154. The van der Waals surface area contributed by atoms with Crippen LogP contribution in [0.15, 0.2) is 53.5 Å². The Bertz CT molecular complexity index is 1180. The first-order chi connectivity index (χ1) is 18.8. The van der Waals surface area contributed by atoms with Gasteiger partial charge in [0.2, 0.25) is 11.8 Å². The van der Waals surface area contributed by atoms with E-state index in [0.717, 1.165) is 19.5 Å². The number of aliphatic carboxylic acids is 1. The summed E-state index contributed by atoms with van der Waals surface area (Å²) in [6.45, 7) is 2.52. The summed E-state index contributed by atoms with van der Waals surface area (Å²) in [5, 5.41) is 20.5. The summed E-state index contributed by atoms with van der Waals surface area (Å²) in [6.07, 6.45) is 0.735. The number of hydrogen-bond acceptors (Lipinski definition) is 9. The third-order valence-corrected chi connectivity index (χ3v) is 5.69. The molecule has 7 N–H and O–H groups in total. The van der Waals surface area contributed by atoms with E-state index < -0.39 is 30.2 Å². The fourth-order valence-corrected chi connectivity index (χ4v) is 3.68. The summed E-state index contributed by atoms with van der Waals surface area (Å²) in [4.78, 5) is 53.6. The Hall–Kier alpha value is -4.45. The highest BCUT2D eigenvalue weighted by molar-refractivity contribution is 6.02. The number of Topliss-reactive ketones (excluding diaryl/α,β-unsaturated/α-hetero) is 1. The normalized spacial score (nSPS) is 13.3. The first-order valence-corrected chi connectivity index (χ1v) is 12.8. The van der Waals surface area contributed by atoms with Crippen molar-refractivity contribution in [2.45, 2.75) is 38.1 Å². The predicted octanol–water partition coefficient (Wildman–Crippen LogP) is 1.74. The van der Waals surface area contributed by atoms with Crippen molar-refractivity contribution in [1.29, 1.82) is 0 Å². The summed E-state index contributed by atoms with van der Waals surface area (Å²) in [7, 11) is 0. The molecule has 0 aliphatic carbocycles. The average molecular weight is 539 g/mol. The first-order valence-electron chi connectivity index (χ1n) is 12.8. The molecule has 2 aromatic carbocycles. The molecule has 12 nitrogen and oxygen atoms in total. The van der Waals surface area contributed by atoms with Gasteiger partial charge in [0.25, 0.3) is 0 Å². The summed E-state index contributed by atoms with van der Waals surface area (Å²) in [6, 6.07) is 12.1. The van der Waals surface area contributed by atoms with Crippen molar-refractivity contribution < 1.29 is 29.0 Å². The number of ketones is 1. The van der Waals surface area contributed by atoms with Gasteiger partial charge in [-0.2, -0.15) is 0 Å². The SMILES string of the molecule is NCCCOc1ccc(NC(=O)[C@H](CC(=O)O)NC(=O)CCC(=O)c2cccc(NC3=NCCCN3)c2)cc1. The fourth-order valence-electron chi connectivity index (χ4n) is 3.68. The van der Waals surface area contributed by atoms with Gasteiger partial charge in [0, 0.05) is 42.9 Å². The largest absolute Gasteiger partial charge is 0.494 e. The van der Waals surface area contributed by atoms with Crippen molar-refractivity contribution in [3.05, 3.63) is 54.1 Å². The maximum Gasteiger partial charge on any atom is 0.305 e. The van der Waals surface area contributed by atoms with Crippen molar-refractivity contribution in [2.24, 2.45) is 10.7 Å². The number of carbonyl (C=O) groups is 4. The molecule has 0 fully saturated rings. The molecule has 0 saturated heterocycles. The molecule has 2 amide bonds. The molecule has 12 heteroatoms. The number of amides is 2. The molecule has 1 aliphatic rings. The summed E-state index contributed by atoms with van der Waals surface area (Å²) < 4.78 is 5.51. The number of hydrogen-bond donors (Lipinski definition) is 6. The molecule has 3 rings (SSSR count). The molecule has 0 radical (unpaired) electrons. The maximum atomic E-state index is 12.7. The number of benzene rings is 2. The third kappa shape index (κ3) is 10.1. The average Bonchev–Trinajstić information content (AvgIpc) is 2.93. The van der Waals surface area contributed by atoms with Crippen molar-refractivity contribution in [3.63, 3.8) is 0 Å². The van der Waals surface area contributed by atoms with Gasteiger partial charge in [-0.3, -0.25) is 24.2 Å². The number of rotatable bonds is 14. The van der Waals surface area contributed by atoms with Crippen LogP contribution in [0.25, 0.3) is 0 Å². The van der Waals surface area contributed by atoms with Gasteiger partial charge in [0.05, 0.1) is 13.0 Å². The Kier molecular flexibility index (Phi) is 11.3. The molecule has 0 aromatic heterocycles. The lowest BCUT2D eigenvalue weighted by Gasteiger charge is -2.17. The fraction of sp³-hybridized carbons (Fsp3) is 0.370. The second-order valence-electron chi connectivity index (χ2n) is 8.86. The minimum atomic E-state index is -1.32. The number of ether oxygens (including phenoxy) is 1. The second-order valence-corrected chi connectivity index (χ2v) is 8.86. The van der Waals surface area contributed by atoms with Crippen molar-refractivity contribution in [2.75, 3.05) is 36.9 Å². The first kappa shape index (κ1) is 29.1. The Morgan fingerprint density at radius 3 is 2.56 bits per heavy atom. The van der Waals surface area contributed by atoms with E-state index in [4.69, 9.17) is 10.5 Å². The van der Waals surface area contributed by atoms with Gasteiger partial charge in [-0.25, -0.2) is 0 Å². The molecule has 0 saturated carbocycles. The number of nitrogens with zero attached hydrogens (tertiary/aromatic N) is 1. The monoisotopic (exact) mass is 538 g/mol. The molecule has 0 bridgehead atoms. The van der Waals surface area contributed by atoms with Crippen LogP contribution in [0.3, 0.4) is 0 Å². The lowest BCUT2D eigenvalue weighted by Crippen LogP contribution is -2.45. The number of carboxylic acid groups (broad SMARTS) is 1. The standard InChI is InChI=1S/C27H34N6O6/c28-12-2-15-39-21-8-6-19(7-9-21)31-26(38)22(17-25(36)37)33-24(35)11-10-23(34)18-4-1-5-20(16-18)32-27-29-13-3-14-30-27/h1,4-9,16,22H,2-3,10-15,17,28H2,(H,31,38)(H,33,35)(H,36,37)(H2,29,30,32)/t22-/m0/s1. The summed E-state index contributed by atoms with van der Waals surface area (Å²) >= 11 is 0. The van der Waals surface area contributed by atoms with Crippen LogP contribution in [0, 0.1) is 0 Å². The van der Waals surface area contributed by atoms with Crippen LogP contribution in [0.2, 0.25) is 0 Å². The number of nitrogens with two attached hydrogens (primary N) is 1. The van der Waals surface area contributed by atoms with E-state index in [0.29, 0.717) is 48.2 Å². The number of nitrogens with one attached hydrogen (secondary N) is 4. The minimum Gasteiger partial charge on any atom is -0.494 e. The van der Waals surface area contributed by atoms with Crippen LogP contribution in [-0.2, 0) is 14.4 Å². The van der Waals surface area contributed by atoms with Gasteiger partial charge in [0.15, 0.2) is 11.7 Å². The molecule has 1 atom stereocenters. The molecule has 208 valence electrons. The lowest BCUT2D eigenvalue weighted by atomic mass is 10.1. The third-order valence-electron chi connectivity index (χ3n) is 5.69. The van der Waals surface area contributed by atoms with Gasteiger partial charge >= 0.3 is 5.97 Å². The van der Waals surface area contributed by atoms with E-state index in [2.05, 4.69) is 26.3 Å². The topological polar surface area (TPSA) is 184 Å². The summed E-state index contributed by atoms with van der Waals surface area (Å²) in [5.74, 6) is -1.57. The molecular weight excluding hydrogens is 504 g/mol. The molecule has 39 heavy (non-hydrogen) atoms. The molecule has 0 spiro atoms. The van der Waals surface area contributed by atoms with Gasteiger partial charge < -0.3 is 36.8 Å². The molecule has 1 heterocycles. The zero-order chi connectivity index (χ0) is 28.0. The number of aliphatic imine (C=N–C) groups is 1. The Morgan fingerprint density at radius 1 is 1.08 bits per heavy atom. The predicted molar refractivity (Wildman–Crippen MR) is 147 cm³/mol. The van der Waals surface area contributed by atoms with E-state index in [1.54, 1.807) is 48.5 Å². The van der Waals surface area contributed by atoms with Crippen LogP contribution in [0.1, 0.15) is 42.5 Å². The van der Waals surface area contributed by atoms with Crippen molar-refractivity contribution in [1.82, 2.24) is 10.6 Å². The molecule has 1 aliphatic heterocycles. The second kappa shape index (κ2) is 15.1. The van der Waals surface area contributed by atoms with E-state index in [1.165, 1.54) is 0 Å².